The Morgan fingerprint density at radius 1 is 0.973 bits per heavy atom. The standard InChI is InChI=1S/C29H33N3O5/c1-20(33)32-15-12-22(13-16-32)29(34)30-24-7-4-6-23(19-24)25-8-5-9-28(31-25)37-17-14-21-10-11-26(35-2)27(18-21)36-3/h4-11,18-19,22H,12-17H2,1-3H3,(H,30,34). The van der Waals surface area contributed by atoms with Crippen LogP contribution < -0.4 is 19.5 Å². The molecule has 0 aliphatic carbocycles. The number of benzene rings is 2. The predicted octanol–water partition coefficient (Wildman–Crippen LogP) is 4.58. The Balaban J connectivity index is 1.35. The fraction of sp³-hybridized carbons (Fsp3) is 0.345. The van der Waals surface area contributed by atoms with Gasteiger partial charge in [0.1, 0.15) is 0 Å². The van der Waals surface area contributed by atoms with Crippen molar-refractivity contribution in [2.24, 2.45) is 5.92 Å². The molecule has 0 atom stereocenters. The lowest BCUT2D eigenvalue weighted by Crippen LogP contribution is -2.40. The van der Waals surface area contributed by atoms with Crippen LogP contribution in [-0.4, -0.2) is 55.6 Å². The molecule has 0 saturated carbocycles. The third-order valence-corrected chi connectivity index (χ3v) is 6.55. The summed E-state index contributed by atoms with van der Waals surface area (Å²) in [6.45, 7) is 3.27. The highest BCUT2D eigenvalue weighted by molar-refractivity contribution is 5.93. The Hall–Kier alpha value is -4.07. The van der Waals surface area contributed by atoms with Crippen molar-refractivity contribution >= 4 is 17.5 Å². The highest BCUT2D eigenvalue weighted by Gasteiger charge is 2.26. The number of pyridine rings is 1. The van der Waals surface area contributed by atoms with Gasteiger partial charge in [0.2, 0.25) is 17.7 Å². The smallest absolute Gasteiger partial charge is 0.227 e. The molecule has 0 spiro atoms. The number of nitrogens with one attached hydrogen (secondary N) is 1. The first kappa shape index (κ1) is 26.0. The van der Waals surface area contributed by atoms with Gasteiger partial charge in [0.25, 0.3) is 0 Å². The molecule has 8 heteroatoms. The number of aromatic nitrogens is 1. The van der Waals surface area contributed by atoms with Crippen molar-refractivity contribution in [2.45, 2.75) is 26.2 Å². The van der Waals surface area contributed by atoms with E-state index in [0.29, 0.717) is 56.3 Å². The summed E-state index contributed by atoms with van der Waals surface area (Å²) in [5.41, 5.74) is 3.44. The maximum atomic E-state index is 12.8. The van der Waals surface area contributed by atoms with Crippen LogP contribution in [0.3, 0.4) is 0 Å². The lowest BCUT2D eigenvalue weighted by atomic mass is 9.95. The van der Waals surface area contributed by atoms with Crippen molar-refractivity contribution in [1.29, 1.82) is 0 Å². The molecule has 2 heterocycles. The summed E-state index contributed by atoms with van der Waals surface area (Å²) in [7, 11) is 3.23. The summed E-state index contributed by atoms with van der Waals surface area (Å²) in [4.78, 5) is 30.8. The molecular weight excluding hydrogens is 470 g/mol. The molecular formula is C29H33N3O5. The van der Waals surface area contributed by atoms with Crippen LogP contribution >= 0.6 is 0 Å². The van der Waals surface area contributed by atoms with Crippen LogP contribution in [0.25, 0.3) is 11.3 Å². The Morgan fingerprint density at radius 3 is 2.46 bits per heavy atom. The van der Waals surface area contributed by atoms with E-state index in [1.807, 2.05) is 60.7 Å². The second-order valence-corrected chi connectivity index (χ2v) is 9.00. The van der Waals surface area contributed by atoms with Crippen LogP contribution in [0.4, 0.5) is 5.69 Å². The van der Waals surface area contributed by atoms with Gasteiger partial charge in [0.05, 0.1) is 26.5 Å². The normalized spacial score (nSPS) is 13.6. The van der Waals surface area contributed by atoms with Gasteiger partial charge < -0.3 is 24.4 Å². The number of hydrogen-bond donors (Lipinski definition) is 1. The zero-order valence-corrected chi connectivity index (χ0v) is 21.5. The highest BCUT2D eigenvalue weighted by atomic mass is 16.5. The minimum Gasteiger partial charge on any atom is -0.493 e. The summed E-state index contributed by atoms with van der Waals surface area (Å²) in [5.74, 6) is 1.86. The molecule has 4 rings (SSSR count). The van der Waals surface area contributed by atoms with Crippen LogP contribution in [-0.2, 0) is 16.0 Å². The highest BCUT2D eigenvalue weighted by Crippen LogP contribution is 2.28. The van der Waals surface area contributed by atoms with E-state index in [0.717, 1.165) is 22.5 Å². The minimum atomic E-state index is -0.0974. The van der Waals surface area contributed by atoms with Gasteiger partial charge in [-0.1, -0.05) is 24.3 Å². The van der Waals surface area contributed by atoms with Crippen LogP contribution in [0.2, 0.25) is 0 Å². The number of likely N-dealkylation sites (tertiary alicyclic amines) is 1. The quantitative estimate of drug-likeness (QED) is 0.460. The van der Waals surface area contributed by atoms with Gasteiger partial charge in [-0.25, -0.2) is 4.98 Å². The van der Waals surface area contributed by atoms with Crippen molar-refractivity contribution in [3.8, 4) is 28.6 Å². The van der Waals surface area contributed by atoms with E-state index in [1.165, 1.54) is 0 Å². The number of anilines is 1. The van der Waals surface area contributed by atoms with Gasteiger partial charge in [-0.3, -0.25) is 9.59 Å². The number of hydrogen-bond acceptors (Lipinski definition) is 6. The van der Waals surface area contributed by atoms with E-state index in [4.69, 9.17) is 14.2 Å². The van der Waals surface area contributed by atoms with E-state index in [1.54, 1.807) is 26.0 Å². The molecule has 1 aliphatic rings. The number of rotatable bonds is 9. The number of carbonyl (C=O) groups is 2. The van der Waals surface area contributed by atoms with Crippen molar-refractivity contribution in [3.63, 3.8) is 0 Å². The van der Waals surface area contributed by atoms with Crippen molar-refractivity contribution < 1.29 is 23.8 Å². The largest absolute Gasteiger partial charge is 0.493 e. The lowest BCUT2D eigenvalue weighted by Gasteiger charge is -2.30. The van der Waals surface area contributed by atoms with Gasteiger partial charge in [0, 0.05) is 49.7 Å². The van der Waals surface area contributed by atoms with Crippen LogP contribution in [0.5, 0.6) is 17.4 Å². The molecule has 1 aromatic heterocycles. The zero-order chi connectivity index (χ0) is 26.2. The molecule has 0 unspecified atom stereocenters. The summed E-state index contributed by atoms with van der Waals surface area (Å²) in [6.07, 6.45) is 2.05. The summed E-state index contributed by atoms with van der Waals surface area (Å²) in [6, 6.07) is 19.1. The average molecular weight is 504 g/mol. The van der Waals surface area contributed by atoms with E-state index in [-0.39, 0.29) is 17.7 Å². The third kappa shape index (κ3) is 6.78. The van der Waals surface area contributed by atoms with Crippen LogP contribution in [0, 0.1) is 5.92 Å². The first-order valence-corrected chi connectivity index (χ1v) is 12.4. The van der Waals surface area contributed by atoms with Gasteiger partial charge in [0.15, 0.2) is 11.5 Å². The number of piperidine rings is 1. The van der Waals surface area contributed by atoms with Gasteiger partial charge >= 0.3 is 0 Å². The van der Waals surface area contributed by atoms with Gasteiger partial charge in [-0.2, -0.15) is 0 Å². The van der Waals surface area contributed by atoms with Crippen LogP contribution in [0.1, 0.15) is 25.3 Å². The topological polar surface area (TPSA) is 90.0 Å². The van der Waals surface area contributed by atoms with E-state index in [9.17, 15) is 9.59 Å². The summed E-state index contributed by atoms with van der Waals surface area (Å²) in [5, 5.41) is 3.03. The Morgan fingerprint density at radius 2 is 1.73 bits per heavy atom. The second-order valence-electron chi connectivity index (χ2n) is 9.00. The molecule has 1 fully saturated rings. The van der Waals surface area contributed by atoms with Crippen molar-refractivity contribution in [2.75, 3.05) is 39.2 Å². The molecule has 194 valence electrons. The maximum Gasteiger partial charge on any atom is 0.227 e. The van der Waals surface area contributed by atoms with Gasteiger partial charge in [-0.15, -0.1) is 0 Å². The average Bonchev–Trinajstić information content (AvgIpc) is 2.93. The molecule has 0 bridgehead atoms. The SMILES string of the molecule is COc1ccc(CCOc2cccc(-c3cccc(NC(=O)C4CCN(C(C)=O)CC4)c3)n2)cc1OC. The molecule has 8 nitrogen and oxygen atoms in total. The molecule has 0 radical (unpaired) electrons. The molecule has 1 saturated heterocycles. The monoisotopic (exact) mass is 503 g/mol. The summed E-state index contributed by atoms with van der Waals surface area (Å²) < 4.78 is 16.6. The Bertz CT molecular complexity index is 1240. The van der Waals surface area contributed by atoms with Crippen LogP contribution in [0.15, 0.2) is 60.7 Å². The predicted molar refractivity (Wildman–Crippen MR) is 142 cm³/mol. The van der Waals surface area contributed by atoms with Gasteiger partial charge in [-0.05, 0) is 48.7 Å². The van der Waals surface area contributed by atoms with E-state index < -0.39 is 0 Å². The number of methoxy groups -OCH3 is 2. The third-order valence-electron chi connectivity index (χ3n) is 6.55. The lowest BCUT2D eigenvalue weighted by molar-refractivity contribution is -0.132. The molecule has 3 aromatic rings. The number of carbonyl (C=O) groups excluding carboxylic acids is 2. The number of nitrogens with zero attached hydrogens (tertiary/aromatic N) is 2. The Kier molecular flexibility index (Phi) is 8.61. The summed E-state index contributed by atoms with van der Waals surface area (Å²) >= 11 is 0. The van der Waals surface area contributed by atoms with E-state index in [2.05, 4.69) is 10.3 Å². The minimum absolute atomic E-state index is 0.0134. The fourth-order valence-electron chi connectivity index (χ4n) is 4.42. The van der Waals surface area contributed by atoms with E-state index >= 15 is 0 Å². The fourth-order valence-corrected chi connectivity index (χ4v) is 4.42. The first-order chi connectivity index (χ1) is 18.0. The molecule has 1 aliphatic heterocycles. The number of amides is 2. The van der Waals surface area contributed by atoms with Crippen molar-refractivity contribution in [1.82, 2.24) is 9.88 Å². The number of ether oxygens (including phenoxy) is 3. The Labute approximate surface area is 217 Å². The van der Waals surface area contributed by atoms with Crippen molar-refractivity contribution in [3.05, 3.63) is 66.2 Å². The molecule has 1 N–H and O–H groups in total. The molecule has 37 heavy (non-hydrogen) atoms. The maximum absolute atomic E-state index is 12.8. The zero-order valence-electron chi connectivity index (χ0n) is 21.5. The molecule has 2 amide bonds. The molecule has 2 aromatic carbocycles. The second kappa shape index (κ2) is 12.3. The first-order valence-electron chi connectivity index (χ1n) is 12.4.